The predicted octanol–water partition coefficient (Wildman–Crippen LogP) is 3.46. The van der Waals surface area contributed by atoms with Crippen LogP contribution in [0, 0.1) is 0 Å². The molecule has 0 radical (unpaired) electrons. The fraction of sp³-hybridized carbons (Fsp3) is 0.158. The van der Waals surface area contributed by atoms with Crippen LogP contribution in [0.5, 0.6) is 5.75 Å². The number of rotatable bonds is 5. The van der Waals surface area contributed by atoms with Crippen molar-refractivity contribution in [2.45, 2.75) is 13.0 Å². The third-order valence-corrected chi connectivity index (χ3v) is 3.66. The molecule has 0 saturated heterocycles. The van der Waals surface area contributed by atoms with Gasteiger partial charge in [0.25, 0.3) is 0 Å². The van der Waals surface area contributed by atoms with Crippen molar-refractivity contribution < 1.29 is 9.53 Å². The zero-order valence-corrected chi connectivity index (χ0v) is 14.5. The molecule has 0 aliphatic carbocycles. The molecule has 2 N–H and O–H groups in total. The summed E-state index contributed by atoms with van der Waals surface area (Å²) < 4.78 is 5.24. The molecule has 0 saturated carbocycles. The van der Waals surface area contributed by atoms with Gasteiger partial charge < -0.3 is 10.1 Å². The molecule has 2 rings (SSSR count). The molecule has 1 atom stereocenters. The summed E-state index contributed by atoms with van der Waals surface area (Å²) in [5.74, 6) is 0.415. The first-order valence-corrected chi connectivity index (χ1v) is 7.98. The lowest BCUT2D eigenvalue weighted by molar-refractivity contribution is -0.115. The highest BCUT2D eigenvalue weighted by Crippen LogP contribution is 2.18. The lowest BCUT2D eigenvalue weighted by atomic mass is 10.1. The molecule has 24 heavy (non-hydrogen) atoms. The standard InChI is InChI=1S/C19H20N2O2S/c1-14(15-8-4-3-5-9-15)20-19(24)21-18(22)13-12-16-10-6-7-11-17(16)23-2/h3-14H,1-2H3,(H2,20,21,22,24). The summed E-state index contributed by atoms with van der Waals surface area (Å²) in [5.41, 5.74) is 1.92. The first-order chi connectivity index (χ1) is 11.6. The average Bonchev–Trinajstić information content (AvgIpc) is 2.60. The minimum Gasteiger partial charge on any atom is -0.496 e. The average molecular weight is 340 g/mol. The first-order valence-electron chi connectivity index (χ1n) is 7.57. The van der Waals surface area contributed by atoms with Gasteiger partial charge in [0.15, 0.2) is 5.11 Å². The second kappa shape index (κ2) is 8.84. The van der Waals surface area contributed by atoms with E-state index < -0.39 is 0 Å². The number of para-hydroxylation sites is 1. The first kappa shape index (κ1) is 17.7. The monoisotopic (exact) mass is 340 g/mol. The van der Waals surface area contributed by atoms with Gasteiger partial charge >= 0.3 is 0 Å². The number of amides is 1. The van der Waals surface area contributed by atoms with Crippen LogP contribution in [0.15, 0.2) is 60.7 Å². The van der Waals surface area contributed by atoms with Crippen molar-refractivity contribution in [2.75, 3.05) is 7.11 Å². The van der Waals surface area contributed by atoms with E-state index in [1.165, 1.54) is 6.08 Å². The molecule has 0 aliphatic rings. The van der Waals surface area contributed by atoms with E-state index in [4.69, 9.17) is 17.0 Å². The maximum Gasteiger partial charge on any atom is 0.250 e. The van der Waals surface area contributed by atoms with E-state index in [2.05, 4.69) is 10.6 Å². The number of thiocarbonyl (C=S) groups is 1. The lowest BCUT2D eigenvalue weighted by Crippen LogP contribution is -2.39. The van der Waals surface area contributed by atoms with E-state index >= 15 is 0 Å². The predicted molar refractivity (Wildman–Crippen MR) is 101 cm³/mol. The number of nitrogens with one attached hydrogen (secondary N) is 2. The fourth-order valence-corrected chi connectivity index (χ4v) is 2.46. The number of benzene rings is 2. The molecule has 2 aromatic carbocycles. The van der Waals surface area contributed by atoms with Crippen LogP contribution in [-0.4, -0.2) is 18.1 Å². The molecule has 0 aliphatic heterocycles. The summed E-state index contributed by atoms with van der Waals surface area (Å²) in [6, 6.07) is 17.4. The van der Waals surface area contributed by atoms with Gasteiger partial charge in [-0.05, 0) is 36.8 Å². The topological polar surface area (TPSA) is 50.4 Å². The lowest BCUT2D eigenvalue weighted by Gasteiger charge is -2.16. The Labute approximate surface area is 147 Å². The van der Waals surface area contributed by atoms with Crippen molar-refractivity contribution in [1.29, 1.82) is 0 Å². The van der Waals surface area contributed by atoms with Crippen LogP contribution in [0.3, 0.4) is 0 Å². The number of carbonyl (C=O) groups excluding carboxylic acids is 1. The van der Waals surface area contributed by atoms with E-state index in [-0.39, 0.29) is 11.9 Å². The molecule has 0 heterocycles. The third-order valence-electron chi connectivity index (χ3n) is 3.44. The Kier molecular flexibility index (Phi) is 6.51. The molecule has 4 nitrogen and oxygen atoms in total. The van der Waals surface area contributed by atoms with Crippen molar-refractivity contribution in [1.82, 2.24) is 10.6 Å². The van der Waals surface area contributed by atoms with E-state index in [1.807, 2.05) is 61.5 Å². The number of ether oxygens (including phenoxy) is 1. The normalized spacial score (nSPS) is 11.8. The molecule has 0 bridgehead atoms. The summed E-state index contributed by atoms with van der Waals surface area (Å²) in [6.45, 7) is 1.98. The maximum atomic E-state index is 12.0. The molecule has 124 valence electrons. The molecule has 1 amide bonds. The molecule has 0 spiro atoms. The Morgan fingerprint density at radius 1 is 1.12 bits per heavy atom. The smallest absolute Gasteiger partial charge is 0.250 e. The van der Waals surface area contributed by atoms with Gasteiger partial charge in [-0.25, -0.2) is 0 Å². The van der Waals surface area contributed by atoms with Crippen LogP contribution in [0.25, 0.3) is 6.08 Å². The quantitative estimate of drug-likeness (QED) is 0.646. The second-order valence-electron chi connectivity index (χ2n) is 5.17. The van der Waals surface area contributed by atoms with Crippen molar-refractivity contribution in [3.05, 3.63) is 71.8 Å². The SMILES string of the molecule is COc1ccccc1C=CC(=O)NC(=S)NC(C)c1ccccc1. The largest absolute Gasteiger partial charge is 0.496 e. The molecular formula is C19H20N2O2S. The van der Waals surface area contributed by atoms with Crippen molar-refractivity contribution in [3.63, 3.8) is 0 Å². The zero-order chi connectivity index (χ0) is 17.4. The van der Waals surface area contributed by atoms with Gasteiger partial charge in [-0.15, -0.1) is 0 Å². The van der Waals surface area contributed by atoms with Gasteiger partial charge in [0.2, 0.25) is 5.91 Å². The van der Waals surface area contributed by atoms with Gasteiger partial charge in [0.1, 0.15) is 5.75 Å². The Morgan fingerprint density at radius 2 is 1.79 bits per heavy atom. The van der Waals surface area contributed by atoms with Crippen LogP contribution in [0.4, 0.5) is 0 Å². The summed E-state index contributed by atoms with van der Waals surface area (Å²) in [6.07, 6.45) is 3.12. The Morgan fingerprint density at radius 3 is 2.50 bits per heavy atom. The molecule has 1 unspecified atom stereocenters. The summed E-state index contributed by atoms with van der Waals surface area (Å²) in [5, 5.41) is 6.02. The minimum atomic E-state index is -0.293. The number of methoxy groups -OCH3 is 1. The van der Waals surface area contributed by atoms with Crippen molar-refractivity contribution >= 4 is 29.3 Å². The van der Waals surface area contributed by atoms with Crippen LogP contribution in [0.1, 0.15) is 24.1 Å². The van der Waals surface area contributed by atoms with E-state index in [0.29, 0.717) is 10.9 Å². The van der Waals surface area contributed by atoms with E-state index in [1.54, 1.807) is 13.2 Å². The molecule has 2 aromatic rings. The second-order valence-corrected chi connectivity index (χ2v) is 5.58. The molecule has 0 fully saturated rings. The highest BCUT2D eigenvalue weighted by Gasteiger charge is 2.08. The molecular weight excluding hydrogens is 320 g/mol. The minimum absolute atomic E-state index is 0.0113. The summed E-state index contributed by atoms with van der Waals surface area (Å²) in [7, 11) is 1.59. The Hall–Kier alpha value is -2.66. The number of carbonyl (C=O) groups is 1. The number of hydrogen-bond acceptors (Lipinski definition) is 3. The molecule has 5 heteroatoms. The van der Waals surface area contributed by atoms with Crippen LogP contribution < -0.4 is 15.4 Å². The van der Waals surface area contributed by atoms with Gasteiger partial charge in [-0.3, -0.25) is 10.1 Å². The Balaban J connectivity index is 1.90. The van der Waals surface area contributed by atoms with Crippen molar-refractivity contribution in [3.8, 4) is 5.75 Å². The van der Waals surface area contributed by atoms with Gasteiger partial charge in [-0.2, -0.15) is 0 Å². The van der Waals surface area contributed by atoms with Crippen LogP contribution in [0.2, 0.25) is 0 Å². The summed E-state index contributed by atoms with van der Waals surface area (Å²) >= 11 is 5.18. The highest BCUT2D eigenvalue weighted by molar-refractivity contribution is 7.80. The van der Waals surface area contributed by atoms with Crippen LogP contribution in [-0.2, 0) is 4.79 Å². The van der Waals surface area contributed by atoms with Crippen molar-refractivity contribution in [2.24, 2.45) is 0 Å². The zero-order valence-electron chi connectivity index (χ0n) is 13.7. The number of hydrogen-bond donors (Lipinski definition) is 2. The third kappa shape index (κ3) is 5.21. The maximum absolute atomic E-state index is 12.0. The fourth-order valence-electron chi connectivity index (χ4n) is 2.18. The Bertz CT molecular complexity index is 729. The summed E-state index contributed by atoms with van der Waals surface area (Å²) in [4.78, 5) is 12.0. The highest BCUT2D eigenvalue weighted by atomic mass is 32.1. The van der Waals surface area contributed by atoms with E-state index in [9.17, 15) is 4.79 Å². The van der Waals surface area contributed by atoms with E-state index in [0.717, 1.165) is 11.1 Å². The van der Waals surface area contributed by atoms with Crippen LogP contribution >= 0.6 is 12.2 Å². The van der Waals surface area contributed by atoms with Gasteiger partial charge in [0.05, 0.1) is 13.2 Å². The van der Waals surface area contributed by atoms with Gasteiger partial charge in [-0.1, -0.05) is 48.5 Å². The van der Waals surface area contributed by atoms with Gasteiger partial charge in [0, 0.05) is 11.6 Å². The molecule has 0 aromatic heterocycles.